The van der Waals surface area contributed by atoms with Gasteiger partial charge in [0.05, 0.1) is 11.6 Å². The molecule has 0 spiro atoms. The fraction of sp³-hybridized carbons (Fsp3) is 0.308. The van der Waals surface area contributed by atoms with E-state index in [0.717, 1.165) is 9.88 Å². The summed E-state index contributed by atoms with van der Waals surface area (Å²) in [6.07, 6.45) is 2.34. The SMILES string of the molecule is O=C(NCc1ccc(C(=O)O)s1)c1csc(C2CC2)n1. The van der Waals surface area contributed by atoms with Crippen molar-refractivity contribution in [2.45, 2.75) is 25.3 Å². The van der Waals surface area contributed by atoms with Gasteiger partial charge in [-0.05, 0) is 25.0 Å². The first-order chi connectivity index (χ1) is 9.63. The van der Waals surface area contributed by atoms with Gasteiger partial charge in [-0.25, -0.2) is 9.78 Å². The highest BCUT2D eigenvalue weighted by Crippen LogP contribution is 2.41. The van der Waals surface area contributed by atoms with Crippen LogP contribution in [0.1, 0.15) is 48.8 Å². The second-order valence-electron chi connectivity index (χ2n) is 4.60. The highest BCUT2D eigenvalue weighted by Gasteiger charge is 2.27. The lowest BCUT2D eigenvalue weighted by atomic mass is 10.4. The van der Waals surface area contributed by atoms with Crippen molar-refractivity contribution in [1.82, 2.24) is 10.3 Å². The summed E-state index contributed by atoms with van der Waals surface area (Å²) in [4.78, 5) is 28.1. The predicted octanol–water partition coefficient (Wildman–Crippen LogP) is 2.71. The molecule has 2 aromatic heterocycles. The number of carboxylic acid groups (broad SMARTS) is 1. The quantitative estimate of drug-likeness (QED) is 0.890. The molecule has 0 unspecified atom stereocenters. The van der Waals surface area contributed by atoms with Crippen LogP contribution < -0.4 is 5.32 Å². The van der Waals surface area contributed by atoms with Crippen LogP contribution in [0, 0.1) is 0 Å². The number of thiophene rings is 1. The number of thiazole rings is 1. The van der Waals surface area contributed by atoms with E-state index >= 15 is 0 Å². The standard InChI is InChI=1S/C13H12N2O3S2/c16-11(9-6-19-12(15-9)7-1-2-7)14-5-8-3-4-10(20-8)13(17)18/h3-4,6-7H,1-2,5H2,(H,14,16)(H,17,18). The summed E-state index contributed by atoms with van der Waals surface area (Å²) in [5, 5.41) is 14.4. The molecule has 1 aliphatic carbocycles. The second-order valence-corrected chi connectivity index (χ2v) is 6.66. The Bertz CT molecular complexity index is 658. The summed E-state index contributed by atoms with van der Waals surface area (Å²) in [7, 11) is 0. The number of carbonyl (C=O) groups is 2. The molecule has 0 aromatic carbocycles. The largest absolute Gasteiger partial charge is 0.477 e. The molecule has 1 amide bonds. The van der Waals surface area contributed by atoms with Gasteiger partial charge in [0.1, 0.15) is 10.6 Å². The van der Waals surface area contributed by atoms with Crippen molar-refractivity contribution in [1.29, 1.82) is 0 Å². The number of aromatic nitrogens is 1. The molecular formula is C13H12N2O3S2. The number of rotatable bonds is 5. The van der Waals surface area contributed by atoms with Gasteiger partial charge < -0.3 is 10.4 Å². The molecular weight excluding hydrogens is 296 g/mol. The van der Waals surface area contributed by atoms with Gasteiger partial charge in [0, 0.05) is 16.2 Å². The predicted molar refractivity (Wildman–Crippen MR) is 76.5 cm³/mol. The molecule has 2 N–H and O–H groups in total. The second kappa shape index (κ2) is 5.34. The minimum absolute atomic E-state index is 0.210. The van der Waals surface area contributed by atoms with Crippen molar-refractivity contribution < 1.29 is 14.7 Å². The lowest BCUT2D eigenvalue weighted by Crippen LogP contribution is -2.22. The molecule has 0 radical (unpaired) electrons. The summed E-state index contributed by atoms with van der Waals surface area (Å²) >= 11 is 2.70. The number of nitrogens with zero attached hydrogens (tertiary/aromatic N) is 1. The number of amides is 1. The van der Waals surface area contributed by atoms with Gasteiger partial charge in [0.15, 0.2) is 0 Å². The maximum absolute atomic E-state index is 11.9. The molecule has 0 aliphatic heterocycles. The van der Waals surface area contributed by atoms with Gasteiger partial charge in [0.2, 0.25) is 0 Å². The van der Waals surface area contributed by atoms with Gasteiger partial charge in [-0.15, -0.1) is 22.7 Å². The molecule has 5 nitrogen and oxygen atoms in total. The Balaban J connectivity index is 1.58. The molecule has 104 valence electrons. The van der Waals surface area contributed by atoms with E-state index < -0.39 is 5.97 Å². The van der Waals surface area contributed by atoms with Gasteiger partial charge in [-0.3, -0.25) is 4.79 Å². The van der Waals surface area contributed by atoms with Crippen molar-refractivity contribution in [2.75, 3.05) is 0 Å². The molecule has 1 aliphatic rings. The van der Waals surface area contributed by atoms with E-state index in [4.69, 9.17) is 5.11 Å². The normalized spacial score (nSPS) is 14.2. The minimum atomic E-state index is -0.943. The average Bonchev–Trinajstić information content (AvgIpc) is 2.98. The van der Waals surface area contributed by atoms with Crippen molar-refractivity contribution in [3.05, 3.63) is 38.0 Å². The zero-order chi connectivity index (χ0) is 14.1. The maximum atomic E-state index is 11.9. The molecule has 1 fully saturated rings. The van der Waals surface area contributed by atoms with Crippen LogP contribution in [0.3, 0.4) is 0 Å². The van der Waals surface area contributed by atoms with Crippen LogP contribution in [-0.2, 0) is 6.54 Å². The monoisotopic (exact) mass is 308 g/mol. The van der Waals surface area contributed by atoms with Crippen molar-refractivity contribution in [2.24, 2.45) is 0 Å². The van der Waals surface area contributed by atoms with Crippen molar-refractivity contribution in [3.8, 4) is 0 Å². The van der Waals surface area contributed by atoms with Gasteiger partial charge in [0.25, 0.3) is 5.91 Å². The topological polar surface area (TPSA) is 79.3 Å². The Kier molecular flexibility index (Phi) is 3.54. The van der Waals surface area contributed by atoms with Crippen LogP contribution >= 0.6 is 22.7 Å². The molecule has 0 saturated heterocycles. The number of carboxylic acids is 1. The maximum Gasteiger partial charge on any atom is 0.345 e. The lowest BCUT2D eigenvalue weighted by Gasteiger charge is -2.00. The van der Waals surface area contributed by atoms with Crippen LogP contribution in [0.25, 0.3) is 0 Å². The summed E-state index contributed by atoms with van der Waals surface area (Å²) in [6.45, 7) is 0.326. The molecule has 2 aromatic rings. The van der Waals surface area contributed by atoms with Gasteiger partial charge in [-0.2, -0.15) is 0 Å². The Morgan fingerprint density at radius 1 is 1.40 bits per heavy atom. The molecule has 20 heavy (non-hydrogen) atoms. The number of hydrogen-bond acceptors (Lipinski definition) is 5. The zero-order valence-corrected chi connectivity index (χ0v) is 12.1. The molecule has 7 heteroatoms. The molecule has 0 atom stereocenters. The molecule has 0 bridgehead atoms. The van der Waals surface area contributed by atoms with E-state index in [-0.39, 0.29) is 10.8 Å². The first-order valence-corrected chi connectivity index (χ1v) is 7.88. The first kappa shape index (κ1) is 13.3. The minimum Gasteiger partial charge on any atom is -0.477 e. The summed E-state index contributed by atoms with van der Waals surface area (Å²) in [6, 6.07) is 3.26. The van der Waals surface area contributed by atoms with E-state index in [1.807, 2.05) is 0 Å². The number of hydrogen-bond donors (Lipinski definition) is 2. The van der Waals surface area contributed by atoms with E-state index in [1.165, 1.54) is 35.5 Å². The molecule has 1 saturated carbocycles. The fourth-order valence-corrected chi connectivity index (χ4v) is 3.51. The van der Waals surface area contributed by atoms with Gasteiger partial charge >= 0.3 is 5.97 Å². The van der Waals surface area contributed by atoms with Crippen molar-refractivity contribution >= 4 is 34.6 Å². The smallest absolute Gasteiger partial charge is 0.345 e. The van der Waals surface area contributed by atoms with E-state index in [0.29, 0.717) is 18.2 Å². The van der Waals surface area contributed by atoms with Crippen LogP contribution in [0.2, 0.25) is 0 Å². The van der Waals surface area contributed by atoms with Crippen molar-refractivity contribution in [3.63, 3.8) is 0 Å². The van der Waals surface area contributed by atoms with E-state index in [9.17, 15) is 9.59 Å². The van der Waals surface area contributed by atoms with Crippen LogP contribution in [0.4, 0.5) is 0 Å². The average molecular weight is 308 g/mol. The lowest BCUT2D eigenvalue weighted by molar-refractivity contribution is 0.0702. The van der Waals surface area contributed by atoms with E-state index in [2.05, 4.69) is 10.3 Å². The van der Waals surface area contributed by atoms with Crippen LogP contribution in [-0.4, -0.2) is 22.0 Å². The van der Waals surface area contributed by atoms with Crippen LogP contribution in [0.15, 0.2) is 17.5 Å². The highest BCUT2D eigenvalue weighted by atomic mass is 32.1. The summed E-state index contributed by atoms with van der Waals surface area (Å²) in [5.74, 6) is -0.600. The Labute approximate surface area is 123 Å². The Morgan fingerprint density at radius 3 is 2.85 bits per heavy atom. The zero-order valence-electron chi connectivity index (χ0n) is 10.5. The molecule has 2 heterocycles. The third kappa shape index (κ3) is 2.88. The first-order valence-electron chi connectivity index (χ1n) is 6.19. The summed E-state index contributed by atoms with van der Waals surface area (Å²) in [5.41, 5.74) is 0.451. The van der Waals surface area contributed by atoms with Crippen LogP contribution in [0.5, 0.6) is 0 Å². The number of carbonyl (C=O) groups excluding carboxylic acids is 1. The van der Waals surface area contributed by atoms with E-state index in [1.54, 1.807) is 17.5 Å². The third-order valence-corrected chi connectivity index (χ3v) is 5.06. The van der Waals surface area contributed by atoms with Gasteiger partial charge in [-0.1, -0.05) is 0 Å². The number of nitrogens with one attached hydrogen (secondary N) is 1. The summed E-state index contributed by atoms with van der Waals surface area (Å²) < 4.78 is 0. The Morgan fingerprint density at radius 2 is 2.20 bits per heavy atom. The number of aromatic carboxylic acids is 1. The Hall–Kier alpha value is -1.73. The fourth-order valence-electron chi connectivity index (χ4n) is 1.76. The molecule has 3 rings (SSSR count). The third-order valence-electron chi connectivity index (χ3n) is 2.98. The highest BCUT2D eigenvalue weighted by molar-refractivity contribution is 7.13.